The summed E-state index contributed by atoms with van der Waals surface area (Å²) in [5.74, 6) is 0.284. The number of oxazole rings is 1. The molecular weight excluding hydrogens is 268 g/mol. The van der Waals surface area contributed by atoms with Gasteiger partial charge in [0.15, 0.2) is 0 Å². The highest BCUT2D eigenvalue weighted by Gasteiger charge is 2.12. The number of rotatable bonds is 3. The van der Waals surface area contributed by atoms with Crippen molar-refractivity contribution in [1.82, 2.24) is 15.2 Å². The Morgan fingerprint density at radius 2 is 2.10 bits per heavy atom. The number of nitrogens with zero attached hydrogens (tertiary/aromatic N) is 3. The van der Waals surface area contributed by atoms with E-state index < -0.39 is 0 Å². The fourth-order valence-electron chi connectivity index (χ4n) is 1.98. The molecular formula is C15H12N4O2. The zero-order chi connectivity index (χ0) is 14.7. The van der Waals surface area contributed by atoms with Gasteiger partial charge in [0, 0.05) is 11.3 Å². The molecule has 0 unspecified atom stereocenters. The van der Waals surface area contributed by atoms with Gasteiger partial charge in [0.25, 0.3) is 5.91 Å². The summed E-state index contributed by atoms with van der Waals surface area (Å²) in [7, 11) is 0. The predicted molar refractivity (Wildman–Crippen MR) is 76.7 cm³/mol. The minimum Gasteiger partial charge on any atom is -0.445 e. The third-order valence-electron chi connectivity index (χ3n) is 3.09. The fraction of sp³-hybridized carbons (Fsp3) is 0.0667. The Morgan fingerprint density at radius 3 is 2.81 bits per heavy atom. The number of benzene rings is 1. The highest BCUT2D eigenvalue weighted by molar-refractivity contribution is 6.04. The number of hydrogen-bond acceptors (Lipinski definition) is 5. The minimum atomic E-state index is -0.238. The largest absolute Gasteiger partial charge is 0.445 e. The van der Waals surface area contributed by atoms with Crippen LogP contribution in [0.5, 0.6) is 0 Å². The van der Waals surface area contributed by atoms with E-state index in [1.54, 1.807) is 12.3 Å². The molecule has 21 heavy (non-hydrogen) atoms. The molecule has 0 aliphatic heterocycles. The predicted octanol–water partition coefficient (Wildman–Crippen LogP) is 2.69. The maximum atomic E-state index is 12.1. The summed E-state index contributed by atoms with van der Waals surface area (Å²) in [6.45, 7) is 1.90. The van der Waals surface area contributed by atoms with Gasteiger partial charge >= 0.3 is 0 Å². The molecule has 0 saturated heterocycles. The molecule has 3 aromatic rings. The Kier molecular flexibility index (Phi) is 3.42. The maximum absolute atomic E-state index is 12.1. The minimum absolute atomic E-state index is 0.238. The molecule has 6 heteroatoms. The second-order valence-electron chi connectivity index (χ2n) is 4.40. The van der Waals surface area contributed by atoms with E-state index in [1.807, 2.05) is 25.1 Å². The van der Waals surface area contributed by atoms with Gasteiger partial charge in [-0.25, -0.2) is 4.98 Å². The Bertz CT molecular complexity index is 755. The molecule has 1 N–H and O–H groups in total. The van der Waals surface area contributed by atoms with E-state index in [0.29, 0.717) is 17.1 Å². The molecule has 0 aliphatic carbocycles. The van der Waals surface area contributed by atoms with E-state index in [4.69, 9.17) is 4.42 Å². The standard InChI is InChI=1S/C15H12N4O2/c1-10-12(15-16-7-8-21-15)3-2-4-13(10)19-14(20)11-5-6-17-18-9-11/h2-9H,1H3,(H,19,20). The summed E-state index contributed by atoms with van der Waals surface area (Å²) in [5, 5.41) is 10.2. The summed E-state index contributed by atoms with van der Waals surface area (Å²) >= 11 is 0. The average Bonchev–Trinajstić information content (AvgIpc) is 3.04. The summed E-state index contributed by atoms with van der Waals surface area (Å²) in [6.07, 6.45) is 6.00. The average molecular weight is 280 g/mol. The van der Waals surface area contributed by atoms with Crippen molar-refractivity contribution in [3.05, 3.63) is 60.2 Å². The van der Waals surface area contributed by atoms with Crippen molar-refractivity contribution in [3.63, 3.8) is 0 Å². The summed E-state index contributed by atoms with van der Waals surface area (Å²) in [5.41, 5.74) is 2.87. The van der Waals surface area contributed by atoms with Gasteiger partial charge in [-0.05, 0) is 30.7 Å². The first-order valence-corrected chi connectivity index (χ1v) is 6.33. The monoisotopic (exact) mass is 280 g/mol. The number of nitrogens with one attached hydrogen (secondary N) is 1. The van der Waals surface area contributed by atoms with Crippen LogP contribution in [0.3, 0.4) is 0 Å². The van der Waals surface area contributed by atoms with Crippen molar-refractivity contribution in [2.75, 3.05) is 5.32 Å². The molecule has 1 amide bonds. The van der Waals surface area contributed by atoms with Gasteiger partial charge in [0.05, 0.1) is 24.2 Å². The first-order valence-electron chi connectivity index (χ1n) is 6.33. The number of aromatic nitrogens is 3. The lowest BCUT2D eigenvalue weighted by molar-refractivity contribution is 0.102. The zero-order valence-electron chi connectivity index (χ0n) is 11.3. The van der Waals surface area contributed by atoms with Crippen LogP contribution in [-0.2, 0) is 0 Å². The number of carbonyl (C=O) groups excluding carboxylic acids is 1. The summed E-state index contributed by atoms with van der Waals surface area (Å²) in [4.78, 5) is 16.3. The molecule has 3 rings (SSSR count). The second kappa shape index (κ2) is 5.54. The Labute approximate surface area is 120 Å². The molecule has 0 atom stereocenters. The quantitative estimate of drug-likeness (QED) is 0.797. The van der Waals surface area contributed by atoms with E-state index in [-0.39, 0.29) is 5.91 Å². The van der Waals surface area contributed by atoms with Crippen LogP contribution in [0.1, 0.15) is 15.9 Å². The lowest BCUT2D eigenvalue weighted by atomic mass is 10.1. The highest BCUT2D eigenvalue weighted by Crippen LogP contribution is 2.27. The van der Waals surface area contributed by atoms with E-state index in [1.165, 1.54) is 18.7 Å². The van der Waals surface area contributed by atoms with Gasteiger partial charge in [-0.1, -0.05) is 6.07 Å². The zero-order valence-corrected chi connectivity index (χ0v) is 11.3. The summed E-state index contributed by atoms with van der Waals surface area (Å²) < 4.78 is 5.30. The number of hydrogen-bond donors (Lipinski definition) is 1. The van der Waals surface area contributed by atoms with E-state index in [0.717, 1.165) is 11.1 Å². The number of anilines is 1. The van der Waals surface area contributed by atoms with E-state index in [9.17, 15) is 4.79 Å². The molecule has 6 nitrogen and oxygen atoms in total. The molecule has 0 aliphatic rings. The van der Waals surface area contributed by atoms with Crippen LogP contribution in [-0.4, -0.2) is 21.1 Å². The topological polar surface area (TPSA) is 80.9 Å². The van der Waals surface area contributed by atoms with Crippen LogP contribution in [0.2, 0.25) is 0 Å². The SMILES string of the molecule is Cc1c(NC(=O)c2ccnnc2)cccc1-c1ncco1. The van der Waals surface area contributed by atoms with Crippen LogP contribution in [0.25, 0.3) is 11.5 Å². The third kappa shape index (κ3) is 2.64. The van der Waals surface area contributed by atoms with Crippen molar-refractivity contribution < 1.29 is 9.21 Å². The maximum Gasteiger partial charge on any atom is 0.257 e. The van der Waals surface area contributed by atoms with Crippen LogP contribution >= 0.6 is 0 Å². The fourth-order valence-corrected chi connectivity index (χ4v) is 1.98. The third-order valence-corrected chi connectivity index (χ3v) is 3.09. The van der Waals surface area contributed by atoms with Gasteiger partial charge in [0.1, 0.15) is 6.26 Å². The van der Waals surface area contributed by atoms with Gasteiger partial charge < -0.3 is 9.73 Å². The lowest BCUT2D eigenvalue weighted by Crippen LogP contribution is -2.13. The molecule has 0 saturated carbocycles. The molecule has 2 heterocycles. The normalized spacial score (nSPS) is 10.3. The van der Waals surface area contributed by atoms with Crippen molar-refractivity contribution in [3.8, 4) is 11.5 Å². The van der Waals surface area contributed by atoms with Crippen molar-refractivity contribution in [2.45, 2.75) is 6.92 Å². The summed E-state index contributed by atoms with van der Waals surface area (Å²) in [6, 6.07) is 7.17. The Hall–Kier alpha value is -3.02. The van der Waals surface area contributed by atoms with Crippen molar-refractivity contribution in [1.29, 1.82) is 0 Å². The van der Waals surface area contributed by atoms with Crippen LogP contribution in [0.15, 0.2) is 53.5 Å². The van der Waals surface area contributed by atoms with Gasteiger partial charge in [-0.3, -0.25) is 4.79 Å². The Balaban J connectivity index is 1.90. The number of amides is 1. The van der Waals surface area contributed by atoms with Crippen LogP contribution < -0.4 is 5.32 Å². The van der Waals surface area contributed by atoms with Gasteiger partial charge in [-0.15, -0.1) is 0 Å². The van der Waals surface area contributed by atoms with Crippen molar-refractivity contribution in [2.24, 2.45) is 0 Å². The highest BCUT2D eigenvalue weighted by atomic mass is 16.3. The Morgan fingerprint density at radius 1 is 1.19 bits per heavy atom. The first kappa shape index (κ1) is 13.0. The molecule has 2 aromatic heterocycles. The molecule has 1 aromatic carbocycles. The second-order valence-corrected chi connectivity index (χ2v) is 4.40. The van der Waals surface area contributed by atoms with Gasteiger partial charge in [0.2, 0.25) is 5.89 Å². The number of carbonyl (C=O) groups is 1. The smallest absolute Gasteiger partial charge is 0.257 e. The van der Waals surface area contributed by atoms with Gasteiger partial charge in [-0.2, -0.15) is 10.2 Å². The first-order chi connectivity index (χ1) is 10.3. The lowest BCUT2D eigenvalue weighted by Gasteiger charge is -2.10. The molecule has 0 bridgehead atoms. The molecule has 0 spiro atoms. The van der Waals surface area contributed by atoms with Crippen LogP contribution in [0, 0.1) is 6.92 Å². The van der Waals surface area contributed by atoms with E-state index in [2.05, 4.69) is 20.5 Å². The van der Waals surface area contributed by atoms with Crippen LogP contribution in [0.4, 0.5) is 5.69 Å². The molecule has 0 fully saturated rings. The molecule has 104 valence electrons. The van der Waals surface area contributed by atoms with Crippen molar-refractivity contribution >= 4 is 11.6 Å². The van der Waals surface area contributed by atoms with E-state index >= 15 is 0 Å². The molecule has 0 radical (unpaired) electrons.